The summed E-state index contributed by atoms with van der Waals surface area (Å²) in [6.45, 7) is 2.36. The van der Waals surface area contributed by atoms with Crippen LogP contribution < -0.4 is 10.1 Å². The molecule has 1 heterocycles. The molecule has 0 fully saturated rings. The van der Waals surface area contributed by atoms with Crippen LogP contribution >= 0.6 is 11.6 Å². The van der Waals surface area contributed by atoms with Crippen LogP contribution in [0.15, 0.2) is 51.8 Å². The molecule has 2 aromatic carbocycles. The molecule has 0 aromatic heterocycles. The summed E-state index contributed by atoms with van der Waals surface area (Å²) in [7, 11) is -3.72. The SMILES string of the molecule is CCOc1ccc(C2=NS(=O)(=O)c3ccccc3N2)cc1Cl. The second-order valence-electron chi connectivity index (χ2n) is 4.61. The molecule has 0 saturated carbocycles. The summed E-state index contributed by atoms with van der Waals surface area (Å²) in [5, 5.41) is 3.42. The molecule has 114 valence electrons. The number of fused-ring (bicyclic) bond motifs is 1. The number of benzene rings is 2. The number of rotatable bonds is 3. The maximum Gasteiger partial charge on any atom is 0.286 e. The lowest BCUT2D eigenvalue weighted by Crippen LogP contribution is -2.22. The Morgan fingerprint density at radius 2 is 2.00 bits per heavy atom. The van der Waals surface area contributed by atoms with Crippen LogP contribution in [0, 0.1) is 0 Å². The molecule has 0 amide bonds. The van der Waals surface area contributed by atoms with Crippen molar-refractivity contribution in [2.75, 3.05) is 11.9 Å². The molecule has 0 radical (unpaired) electrons. The van der Waals surface area contributed by atoms with Crippen LogP contribution in [0.3, 0.4) is 0 Å². The molecular formula is C15H13ClN2O3S. The van der Waals surface area contributed by atoms with E-state index in [1.54, 1.807) is 36.4 Å². The van der Waals surface area contributed by atoms with Gasteiger partial charge in [0.15, 0.2) is 5.84 Å². The highest BCUT2D eigenvalue weighted by atomic mass is 35.5. The third kappa shape index (κ3) is 2.67. The predicted molar refractivity (Wildman–Crippen MR) is 86.4 cm³/mol. The molecule has 0 atom stereocenters. The van der Waals surface area contributed by atoms with E-state index < -0.39 is 10.0 Å². The Morgan fingerprint density at radius 1 is 1.23 bits per heavy atom. The van der Waals surface area contributed by atoms with E-state index >= 15 is 0 Å². The highest BCUT2D eigenvalue weighted by Gasteiger charge is 2.25. The van der Waals surface area contributed by atoms with E-state index in [-0.39, 0.29) is 10.7 Å². The summed E-state index contributed by atoms with van der Waals surface area (Å²) in [4.78, 5) is 0.163. The van der Waals surface area contributed by atoms with Crippen LogP contribution in [-0.4, -0.2) is 20.9 Å². The largest absolute Gasteiger partial charge is 0.492 e. The van der Waals surface area contributed by atoms with Gasteiger partial charge < -0.3 is 10.1 Å². The van der Waals surface area contributed by atoms with Crippen molar-refractivity contribution in [3.05, 3.63) is 53.1 Å². The quantitative estimate of drug-likeness (QED) is 0.933. The van der Waals surface area contributed by atoms with Crippen LogP contribution in [-0.2, 0) is 10.0 Å². The fourth-order valence-corrected chi connectivity index (χ4v) is 3.53. The minimum Gasteiger partial charge on any atom is -0.492 e. The third-order valence-electron chi connectivity index (χ3n) is 3.13. The van der Waals surface area contributed by atoms with E-state index in [0.29, 0.717) is 28.6 Å². The van der Waals surface area contributed by atoms with Gasteiger partial charge in [-0.25, -0.2) is 0 Å². The lowest BCUT2D eigenvalue weighted by molar-refractivity contribution is 0.340. The molecule has 1 aliphatic heterocycles. The Bertz CT molecular complexity index is 863. The first kappa shape index (κ1) is 14.9. The van der Waals surface area contributed by atoms with Gasteiger partial charge in [0.1, 0.15) is 10.6 Å². The van der Waals surface area contributed by atoms with Gasteiger partial charge in [-0.3, -0.25) is 0 Å². The highest BCUT2D eigenvalue weighted by Crippen LogP contribution is 2.30. The van der Waals surface area contributed by atoms with Crippen molar-refractivity contribution < 1.29 is 13.2 Å². The van der Waals surface area contributed by atoms with Crippen molar-refractivity contribution in [1.82, 2.24) is 0 Å². The number of hydrogen-bond acceptors (Lipinski definition) is 4. The maximum absolute atomic E-state index is 12.2. The second-order valence-corrected chi connectivity index (χ2v) is 6.59. The summed E-state index contributed by atoms with van der Waals surface area (Å²) in [5.41, 5.74) is 1.07. The van der Waals surface area contributed by atoms with E-state index in [1.807, 2.05) is 6.92 Å². The molecule has 0 aliphatic carbocycles. The van der Waals surface area contributed by atoms with Gasteiger partial charge in [-0.2, -0.15) is 8.42 Å². The first-order valence-corrected chi connectivity index (χ1v) is 8.47. The molecule has 7 heteroatoms. The van der Waals surface area contributed by atoms with Crippen LogP contribution in [0.2, 0.25) is 5.02 Å². The van der Waals surface area contributed by atoms with E-state index in [4.69, 9.17) is 16.3 Å². The standard InChI is InChI=1S/C15H13ClN2O3S/c1-2-21-13-8-7-10(9-11(13)16)15-17-12-5-3-4-6-14(12)22(19,20)18-15/h3-9H,2H2,1H3,(H,17,18). The van der Waals surface area contributed by atoms with Gasteiger partial charge in [-0.15, -0.1) is 4.40 Å². The minimum absolute atomic E-state index is 0.163. The van der Waals surface area contributed by atoms with Crippen LogP contribution in [0.4, 0.5) is 5.69 Å². The monoisotopic (exact) mass is 336 g/mol. The summed E-state index contributed by atoms with van der Waals surface area (Å²) >= 11 is 6.14. The van der Waals surface area contributed by atoms with E-state index in [1.165, 1.54) is 6.07 Å². The van der Waals surface area contributed by atoms with E-state index in [2.05, 4.69) is 9.71 Å². The summed E-state index contributed by atoms with van der Waals surface area (Å²) in [6.07, 6.45) is 0. The fraction of sp³-hybridized carbons (Fsp3) is 0.133. The summed E-state index contributed by atoms with van der Waals surface area (Å²) in [5.74, 6) is 0.788. The summed E-state index contributed by atoms with van der Waals surface area (Å²) in [6, 6.07) is 11.7. The number of para-hydroxylation sites is 1. The Morgan fingerprint density at radius 3 is 2.73 bits per heavy atom. The average molecular weight is 337 g/mol. The molecule has 3 rings (SSSR count). The van der Waals surface area contributed by atoms with Crippen molar-refractivity contribution >= 4 is 33.1 Å². The number of amidine groups is 1. The molecular weight excluding hydrogens is 324 g/mol. The van der Waals surface area contributed by atoms with Gasteiger partial charge in [0.05, 0.1) is 17.3 Å². The van der Waals surface area contributed by atoms with Gasteiger partial charge >= 0.3 is 0 Å². The molecule has 1 aliphatic rings. The zero-order chi connectivity index (χ0) is 15.7. The molecule has 2 aromatic rings. The van der Waals surface area contributed by atoms with Gasteiger partial charge in [0, 0.05) is 5.56 Å². The zero-order valence-electron chi connectivity index (χ0n) is 11.7. The number of nitrogens with one attached hydrogen (secondary N) is 1. The van der Waals surface area contributed by atoms with Gasteiger partial charge in [0.25, 0.3) is 10.0 Å². The number of ether oxygens (including phenoxy) is 1. The number of halogens is 1. The average Bonchev–Trinajstić information content (AvgIpc) is 2.49. The number of anilines is 1. The van der Waals surface area contributed by atoms with Crippen LogP contribution in [0.1, 0.15) is 12.5 Å². The number of hydrogen-bond donors (Lipinski definition) is 1. The Labute approximate surface area is 133 Å². The Hall–Kier alpha value is -2.05. The molecule has 22 heavy (non-hydrogen) atoms. The van der Waals surface area contributed by atoms with Gasteiger partial charge in [-0.1, -0.05) is 23.7 Å². The summed E-state index contributed by atoms with van der Waals surface area (Å²) < 4.78 is 33.6. The highest BCUT2D eigenvalue weighted by molar-refractivity contribution is 7.90. The van der Waals surface area contributed by atoms with Crippen LogP contribution in [0.25, 0.3) is 0 Å². The van der Waals surface area contributed by atoms with Crippen LogP contribution in [0.5, 0.6) is 5.75 Å². The van der Waals surface area contributed by atoms with Crippen molar-refractivity contribution in [2.24, 2.45) is 4.40 Å². The number of sulfonamides is 1. The molecule has 1 N–H and O–H groups in total. The first-order valence-electron chi connectivity index (χ1n) is 6.65. The van der Waals surface area contributed by atoms with Crippen molar-refractivity contribution in [1.29, 1.82) is 0 Å². The molecule has 0 spiro atoms. The molecule has 0 unspecified atom stereocenters. The lowest BCUT2D eigenvalue weighted by atomic mass is 10.2. The number of nitrogens with zero attached hydrogens (tertiary/aromatic N) is 1. The smallest absolute Gasteiger partial charge is 0.286 e. The van der Waals surface area contributed by atoms with Gasteiger partial charge in [-0.05, 0) is 37.3 Å². The van der Waals surface area contributed by atoms with E-state index in [0.717, 1.165) is 0 Å². The zero-order valence-corrected chi connectivity index (χ0v) is 13.3. The third-order valence-corrected chi connectivity index (χ3v) is 4.76. The Balaban J connectivity index is 2.04. The molecule has 0 bridgehead atoms. The van der Waals surface area contributed by atoms with Gasteiger partial charge in [0.2, 0.25) is 0 Å². The van der Waals surface area contributed by atoms with Crippen molar-refractivity contribution in [3.63, 3.8) is 0 Å². The minimum atomic E-state index is -3.72. The van der Waals surface area contributed by atoms with Crippen molar-refractivity contribution in [2.45, 2.75) is 11.8 Å². The van der Waals surface area contributed by atoms with E-state index in [9.17, 15) is 8.42 Å². The van der Waals surface area contributed by atoms with Crippen molar-refractivity contribution in [3.8, 4) is 5.75 Å². The molecule has 5 nitrogen and oxygen atoms in total. The fourth-order valence-electron chi connectivity index (χ4n) is 2.16. The first-order chi connectivity index (χ1) is 10.5. The predicted octanol–water partition coefficient (Wildman–Crippen LogP) is 3.30. The molecule has 0 saturated heterocycles. The lowest BCUT2D eigenvalue weighted by Gasteiger charge is -2.18. The topological polar surface area (TPSA) is 67.8 Å². The maximum atomic E-state index is 12.2. The Kier molecular flexibility index (Phi) is 3.80. The normalized spacial score (nSPS) is 15.5. The second kappa shape index (κ2) is 5.62.